The van der Waals surface area contributed by atoms with Gasteiger partial charge in [0.15, 0.2) is 0 Å². The average Bonchev–Trinajstić information content (AvgIpc) is 2.96. The molecular formula is C13H14N2O3S. The minimum absolute atomic E-state index is 0.0939. The molecule has 0 saturated carbocycles. The predicted molar refractivity (Wildman–Crippen MR) is 69.6 cm³/mol. The quantitative estimate of drug-likeness (QED) is 0.726. The van der Waals surface area contributed by atoms with E-state index in [-0.39, 0.29) is 17.7 Å². The summed E-state index contributed by atoms with van der Waals surface area (Å²) in [6, 6.07) is 1.92. The number of hydrogen-bond donors (Lipinski definition) is 0. The minimum atomic E-state index is -0.904. The molecule has 1 aromatic rings. The molecule has 5 nitrogen and oxygen atoms in total. The Labute approximate surface area is 114 Å². The fraction of sp³-hybridized carbons (Fsp3) is 0.462. The zero-order chi connectivity index (χ0) is 13.8. The molecule has 0 radical (unpaired) electrons. The largest absolute Gasteiger partial charge is 0.319 e. The fourth-order valence-electron chi connectivity index (χ4n) is 2.76. The third kappa shape index (κ3) is 1.56. The Morgan fingerprint density at radius 2 is 2.05 bits per heavy atom. The molecule has 1 saturated heterocycles. The molecule has 1 unspecified atom stereocenters. The molecule has 2 aliphatic heterocycles. The van der Waals surface area contributed by atoms with Crippen molar-refractivity contribution in [2.24, 2.45) is 0 Å². The van der Waals surface area contributed by atoms with Crippen LogP contribution in [-0.2, 0) is 16.1 Å². The summed E-state index contributed by atoms with van der Waals surface area (Å²) in [6.45, 7) is 2.22. The van der Waals surface area contributed by atoms with Crippen LogP contribution < -0.4 is 0 Å². The second-order valence-electron chi connectivity index (χ2n) is 5.20. The number of piperidine rings is 1. The number of imide groups is 1. The van der Waals surface area contributed by atoms with Gasteiger partial charge in [0, 0.05) is 20.0 Å². The van der Waals surface area contributed by atoms with Crippen LogP contribution in [0.1, 0.15) is 35.0 Å². The molecular weight excluding hydrogens is 264 g/mol. The van der Waals surface area contributed by atoms with Crippen molar-refractivity contribution in [3.8, 4) is 0 Å². The number of fused-ring (bicyclic) bond motifs is 1. The Morgan fingerprint density at radius 3 is 2.74 bits per heavy atom. The van der Waals surface area contributed by atoms with E-state index in [9.17, 15) is 14.4 Å². The molecule has 1 atom stereocenters. The van der Waals surface area contributed by atoms with Crippen molar-refractivity contribution in [2.75, 3.05) is 7.05 Å². The lowest BCUT2D eigenvalue weighted by molar-refractivity contribution is -0.155. The Balaban J connectivity index is 1.95. The molecule has 3 amide bonds. The SMILES string of the molecule is CN1C(=O)CCC(C)(N2Cc3ccsc3C2=O)C1=O. The summed E-state index contributed by atoms with van der Waals surface area (Å²) in [5, 5.41) is 1.89. The number of hydrogen-bond acceptors (Lipinski definition) is 4. The van der Waals surface area contributed by atoms with Crippen LogP contribution in [0.15, 0.2) is 11.4 Å². The van der Waals surface area contributed by atoms with Gasteiger partial charge in [-0.3, -0.25) is 19.3 Å². The van der Waals surface area contributed by atoms with Gasteiger partial charge in [-0.05, 0) is 30.4 Å². The van der Waals surface area contributed by atoms with Crippen LogP contribution in [0, 0.1) is 0 Å². The zero-order valence-electron chi connectivity index (χ0n) is 10.8. The van der Waals surface area contributed by atoms with Gasteiger partial charge < -0.3 is 4.90 Å². The zero-order valence-corrected chi connectivity index (χ0v) is 11.6. The Morgan fingerprint density at radius 1 is 1.32 bits per heavy atom. The van der Waals surface area contributed by atoms with Gasteiger partial charge in [-0.2, -0.15) is 0 Å². The Hall–Kier alpha value is -1.69. The fourth-order valence-corrected chi connectivity index (χ4v) is 3.62. The van der Waals surface area contributed by atoms with Gasteiger partial charge in [-0.25, -0.2) is 0 Å². The lowest BCUT2D eigenvalue weighted by Gasteiger charge is -2.42. The number of thiophene rings is 1. The molecule has 0 aromatic carbocycles. The van der Waals surface area contributed by atoms with Gasteiger partial charge in [0.25, 0.3) is 11.8 Å². The van der Waals surface area contributed by atoms with Crippen molar-refractivity contribution in [2.45, 2.75) is 31.8 Å². The van der Waals surface area contributed by atoms with Crippen molar-refractivity contribution in [1.82, 2.24) is 9.80 Å². The normalized spacial score (nSPS) is 27.2. The molecule has 6 heteroatoms. The van der Waals surface area contributed by atoms with Crippen molar-refractivity contribution >= 4 is 29.1 Å². The van der Waals surface area contributed by atoms with Crippen LogP contribution in [0.3, 0.4) is 0 Å². The molecule has 0 N–H and O–H groups in total. The molecule has 3 heterocycles. The number of likely N-dealkylation sites (N-methyl/N-ethyl adjacent to an activating group) is 1. The smallest absolute Gasteiger partial charge is 0.265 e. The van der Waals surface area contributed by atoms with E-state index >= 15 is 0 Å². The van der Waals surface area contributed by atoms with E-state index in [0.717, 1.165) is 10.5 Å². The van der Waals surface area contributed by atoms with Crippen molar-refractivity contribution in [1.29, 1.82) is 0 Å². The molecule has 0 bridgehead atoms. The van der Waals surface area contributed by atoms with E-state index in [2.05, 4.69) is 0 Å². The molecule has 19 heavy (non-hydrogen) atoms. The summed E-state index contributed by atoms with van der Waals surface area (Å²) in [7, 11) is 1.48. The summed E-state index contributed by atoms with van der Waals surface area (Å²) in [6.07, 6.45) is 0.700. The van der Waals surface area contributed by atoms with E-state index < -0.39 is 5.54 Å². The maximum Gasteiger partial charge on any atom is 0.265 e. The lowest BCUT2D eigenvalue weighted by atomic mass is 9.88. The van der Waals surface area contributed by atoms with Crippen LogP contribution in [0.25, 0.3) is 0 Å². The number of carbonyl (C=O) groups excluding carboxylic acids is 3. The maximum atomic E-state index is 12.4. The first-order chi connectivity index (χ1) is 8.95. The van der Waals surface area contributed by atoms with Crippen molar-refractivity contribution < 1.29 is 14.4 Å². The van der Waals surface area contributed by atoms with Crippen LogP contribution >= 0.6 is 11.3 Å². The number of rotatable bonds is 1. The van der Waals surface area contributed by atoms with E-state index in [1.807, 2.05) is 11.4 Å². The molecule has 0 spiro atoms. The monoisotopic (exact) mass is 278 g/mol. The lowest BCUT2D eigenvalue weighted by Crippen LogP contribution is -2.61. The standard InChI is InChI=1S/C13H14N2O3S/c1-13(5-3-9(16)14(2)12(13)18)15-7-8-4-6-19-10(8)11(15)17/h4,6H,3,5,7H2,1-2H3. The van der Waals surface area contributed by atoms with Gasteiger partial charge in [0.05, 0.1) is 4.88 Å². The van der Waals surface area contributed by atoms with Crippen LogP contribution in [0.2, 0.25) is 0 Å². The summed E-state index contributed by atoms with van der Waals surface area (Å²) in [5.41, 5.74) is 0.0713. The third-order valence-corrected chi connectivity index (χ3v) is 5.02. The van der Waals surface area contributed by atoms with E-state index in [1.165, 1.54) is 18.4 Å². The van der Waals surface area contributed by atoms with Crippen LogP contribution in [0.5, 0.6) is 0 Å². The molecule has 100 valence electrons. The van der Waals surface area contributed by atoms with E-state index in [0.29, 0.717) is 24.3 Å². The molecule has 0 aliphatic carbocycles. The average molecular weight is 278 g/mol. The van der Waals surface area contributed by atoms with Gasteiger partial charge >= 0.3 is 0 Å². The third-order valence-electron chi connectivity index (χ3n) is 4.08. The highest BCUT2D eigenvalue weighted by atomic mass is 32.1. The summed E-state index contributed by atoms with van der Waals surface area (Å²) in [5.74, 6) is -0.556. The molecule has 1 fully saturated rings. The van der Waals surface area contributed by atoms with Gasteiger partial charge in [-0.15, -0.1) is 11.3 Å². The van der Waals surface area contributed by atoms with Gasteiger partial charge in [-0.1, -0.05) is 0 Å². The Kier molecular flexibility index (Phi) is 2.53. The van der Waals surface area contributed by atoms with Crippen LogP contribution in [-0.4, -0.2) is 40.1 Å². The minimum Gasteiger partial charge on any atom is -0.319 e. The first-order valence-electron chi connectivity index (χ1n) is 6.14. The highest BCUT2D eigenvalue weighted by molar-refractivity contribution is 7.12. The van der Waals surface area contributed by atoms with Gasteiger partial charge in [0.2, 0.25) is 5.91 Å². The first-order valence-corrected chi connectivity index (χ1v) is 7.02. The summed E-state index contributed by atoms with van der Waals surface area (Å²) >= 11 is 1.41. The number of amides is 3. The number of nitrogens with zero attached hydrogens (tertiary/aromatic N) is 2. The molecule has 2 aliphatic rings. The second-order valence-corrected chi connectivity index (χ2v) is 6.11. The number of carbonyl (C=O) groups is 3. The highest BCUT2D eigenvalue weighted by Crippen LogP contribution is 2.37. The van der Waals surface area contributed by atoms with E-state index in [4.69, 9.17) is 0 Å². The summed E-state index contributed by atoms with van der Waals surface area (Å²) in [4.78, 5) is 39.8. The molecule has 3 rings (SSSR count). The maximum absolute atomic E-state index is 12.4. The van der Waals surface area contributed by atoms with Crippen molar-refractivity contribution in [3.05, 3.63) is 21.9 Å². The van der Waals surface area contributed by atoms with Crippen molar-refractivity contribution in [3.63, 3.8) is 0 Å². The first kappa shape index (κ1) is 12.3. The Bertz CT molecular complexity index is 594. The van der Waals surface area contributed by atoms with E-state index in [1.54, 1.807) is 11.8 Å². The highest BCUT2D eigenvalue weighted by Gasteiger charge is 2.50. The van der Waals surface area contributed by atoms with Gasteiger partial charge in [0.1, 0.15) is 5.54 Å². The molecule has 1 aromatic heterocycles. The predicted octanol–water partition coefficient (Wildman–Crippen LogP) is 1.24. The topological polar surface area (TPSA) is 57.7 Å². The summed E-state index contributed by atoms with van der Waals surface area (Å²) < 4.78 is 0. The second kappa shape index (κ2) is 3.90. The number of likely N-dealkylation sites (tertiary alicyclic amines) is 1. The van der Waals surface area contributed by atoms with Crippen LogP contribution in [0.4, 0.5) is 0 Å².